The van der Waals surface area contributed by atoms with Crippen LogP contribution in [0.5, 0.6) is 0 Å². The number of anilines is 1. The monoisotopic (exact) mass is 338 g/mol. The number of hydrogen-bond donors (Lipinski definition) is 1. The van der Waals surface area contributed by atoms with E-state index >= 15 is 0 Å². The maximum atomic E-state index is 12.0. The van der Waals surface area contributed by atoms with Gasteiger partial charge in [-0.3, -0.25) is 4.72 Å². The average Bonchev–Trinajstić information content (AvgIpc) is 2.41. The van der Waals surface area contributed by atoms with Crippen LogP contribution < -0.4 is 4.72 Å². The van der Waals surface area contributed by atoms with E-state index in [9.17, 15) is 8.42 Å². The van der Waals surface area contributed by atoms with Crippen LogP contribution in [0.3, 0.4) is 0 Å². The SMILES string of the molecule is N#Cc1ccc(S(=O)(=O)Nc2cnc(Br)cn2)cc1. The summed E-state index contributed by atoms with van der Waals surface area (Å²) in [5.74, 6) is 0.118. The summed E-state index contributed by atoms with van der Waals surface area (Å²) in [4.78, 5) is 7.79. The van der Waals surface area contributed by atoms with Crippen LogP contribution in [-0.2, 0) is 10.0 Å². The minimum absolute atomic E-state index is 0.0521. The van der Waals surface area contributed by atoms with Crippen molar-refractivity contribution in [3.63, 3.8) is 0 Å². The molecule has 0 spiro atoms. The highest BCUT2D eigenvalue weighted by Gasteiger charge is 2.14. The van der Waals surface area contributed by atoms with Crippen molar-refractivity contribution in [1.29, 1.82) is 5.26 Å². The summed E-state index contributed by atoms with van der Waals surface area (Å²) in [6, 6.07) is 7.49. The maximum absolute atomic E-state index is 12.0. The Balaban J connectivity index is 2.27. The molecule has 96 valence electrons. The lowest BCUT2D eigenvalue weighted by molar-refractivity contribution is 0.601. The Labute approximate surface area is 118 Å². The van der Waals surface area contributed by atoms with Crippen LogP contribution in [-0.4, -0.2) is 18.4 Å². The van der Waals surface area contributed by atoms with Gasteiger partial charge in [0, 0.05) is 0 Å². The van der Waals surface area contributed by atoms with Crippen LogP contribution in [0.1, 0.15) is 5.56 Å². The number of nitriles is 1. The van der Waals surface area contributed by atoms with Gasteiger partial charge in [0.25, 0.3) is 10.0 Å². The molecule has 0 amide bonds. The molecule has 0 saturated carbocycles. The molecule has 0 aliphatic heterocycles. The number of hydrogen-bond acceptors (Lipinski definition) is 5. The molecule has 6 nitrogen and oxygen atoms in total. The fourth-order valence-electron chi connectivity index (χ4n) is 1.27. The molecule has 0 aliphatic carbocycles. The number of sulfonamides is 1. The molecule has 1 aromatic heterocycles. The molecule has 1 aromatic carbocycles. The van der Waals surface area contributed by atoms with Gasteiger partial charge in [0.15, 0.2) is 5.82 Å². The third-order valence-corrected chi connectivity index (χ3v) is 3.93. The highest BCUT2D eigenvalue weighted by atomic mass is 79.9. The summed E-state index contributed by atoms with van der Waals surface area (Å²) >= 11 is 3.10. The van der Waals surface area contributed by atoms with E-state index < -0.39 is 10.0 Å². The van der Waals surface area contributed by atoms with Crippen molar-refractivity contribution in [1.82, 2.24) is 9.97 Å². The summed E-state index contributed by atoms with van der Waals surface area (Å²) < 4.78 is 26.8. The highest BCUT2D eigenvalue weighted by Crippen LogP contribution is 2.15. The molecule has 0 fully saturated rings. The molecule has 0 radical (unpaired) electrons. The van der Waals surface area contributed by atoms with Crippen molar-refractivity contribution in [2.24, 2.45) is 0 Å². The smallest absolute Gasteiger partial charge is 0.262 e. The number of nitrogens with one attached hydrogen (secondary N) is 1. The molecular formula is C11H7BrN4O2S. The molecule has 2 rings (SSSR count). The van der Waals surface area contributed by atoms with E-state index in [1.54, 1.807) is 0 Å². The van der Waals surface area contributed by atoms with Gasteiger partial charge in [-0.05, 0) is 40.2 Å². The summed E-state index contributed by atoms with van der Waals surface area (Å²) in [6.45, 7) is 0. The van der Waals surface area contributed by atoms with E-state index in [0.717, 1.165) is 0 Å². The Morgan fingerprint density at radius 2 is 1.84 bits per heavy atom. The molecule has 1 heterocycles. The topological polar surface area (TPSA) is 95.7 Å². The lowest BCUT2D eigenvalue weighted by Crippen LogP contribution is -2.14. The number of rotatable bonds is 3. The second-order valence-electron chi connectivity index (χ2n) is 3.47. The van der Waals surface area contributed by atoms with Crippen LogP contribution >= 0.6 is 15.9 Å². The van der Waals surface area contributed by atoms with Crippen LogP contribution in [0.25, 0.3) is 0 Å². The molecular weight excluding hydrogens is 332 g/mol. The lowest BCUT2D eigenvalue weighted by Gasteiger charge is -2.06. The Bertz CT molecular complexity index is 721. The number of aromatic nitrogens is 2. The number of benzene rings is 1. The van der Waals surface area contributed by atoms with Crippen LogP contribution in [0.4, 0.5) is 5.82 Å². The zero-order valence-electron chi connectivity index (χ0n) is 9.41. The second kappa shape index (κ2) is 5.34. The summed E-state index contributed by atoms with van der Waals surface area (Å²) in [5, 5.41) is 8.65. The number of halogens is 1. The lowest BCUT2D eigenvalue weighted by atomic mass is 10.2. The van der Waals surface area contributed by atoms with Crippen molar-refractivity contribution in [2.45, 2.75) is 4.90 Å². The van der Waals surface area contributed by atoms with E-state index in [1.807, 2.05) is 6.07 Å². The maximum Gasteiger partial charge on any atom is 0.263 e. The third kappa shape index (κ3) is 3.27. The first-order valence-electron chi connectivity index (χ1n) is 5.02. The van der Waals surface area contributed by atoms with E-state index in [1.165, 1.54) is 36.7 Å². The zero-order valence-corrected chi connectivity index (χ0v) is 11.8. The Morgan fingerprint density at radius 3 is 2.37 bits per heavy atom. The Kier molecular flexibility index (Phi) is 3.78. The van der Waals surface area contributed by atoms with Crippen molar-refractivity contribution in [2.75, 3.05) is 4.72 Å². The summed E-state index contributed by atoms with van der Waals surface area (Å²) in [7, 11) is -3.73. The molecule has 2 aromatic rings. The average molecular weight is 339 g/mol. The van der Waals surface area contributed by atoms with Crippen LogP contribution in [0.2, 0.25) is 0 Å². The van der Waals surface area contributed by atoms with Gasteiger partial charge in [-0.25, -0.2) is 18.4 Å². The van der Waals surface area contributed by atoms with Crippen LogP contribution in [0.15, 0.2) is 46.2 Å². The first kappa shape index (κ1) is 13.5. The fraction of sp³-hybridized carbons (Fsp3) is 0. The molecule has 0 unspecified atom stereocenters. The molecule has 1 N–H and O–H groups in total. The standard InChI is InChI=1S/C11H7BrN4O2S/c12-10-6-15-11(7-14-10)16-19(17,18)9-3-1-8(5-13)2-4-9/h1-4,6-7H,(H,15,16). The molecule has 8 heteroatoms. The van der Waals surface area contributed by atoms with Crippen molar-refractivity contribution in [3.05, 3.63) is 46.8 Å². The normalized spacial score (nSPS) is 10.7. The van der Waals surface area contributed by atoms with Gasteiger partial charge in [-0.2, -0.15) is 5.26 Å². The van der Waals surface area contributed by atoms with Crippen molar-refractivity contribution < 1.29 is 8.42 Å². The van der Waals surface area contributed by atoms with Gasteiger partial charge < -0.3 is 0 Å². The third-order valence-electron chi connectivity index (χ3n) is 2.15. The van der Waals surface area contributed by atoms with Gasteiger partial charge in [0.2, 0.25) is 0 Å². The van der Waals surface area contributed by atoms with Gasteiger partial charge in [-0.15, -0.1) is 0 Å². The van der Waals surface area contributed by atoms with E-state index in [0.29, 0.717) is 10.2 Å². The molecule has 0 atom stereocenters. The van der Waals surface area contributed by atoms with Crippen molar-refractivity contribution in [3.8, 4) is 6.07 Å². The van der Waals surface area contributed by atoms with E-state index in [-0.39, 0.29) is 10.7 Å². The molecule has 19 heavy (non-hydrogen) atoms. The largest absolute Gasteiger partial charge is 0.263 e. The summed E-state index contributed by atoms with van der Waals surface area (Å²) in [5.41, 5.74) is 0.391. The predicted octanol–water partition coefficient (Wildman–Crippen LogP) is 1.91. The Hall–Kier alpha value is -1.98. The Morgan fingerprint density at radius 1 is 1.16 bits per heavy atom. The first-order valence-corrected chi connectivity index (χ1v) is 7.29. The molecule has 0 saturated heterocycles. The molecule has 0 aliphatic rings. The molecule has 0 bridgehead atoms. The van der Waals surface area contributed by atoms with Gasteiger partial charge >= 0.3 is 0 Å². The zero-order chi connectivity index (χ0) is 13.9. The quantitative estimate of drug-likeness (QED) is 0.922. The van der Waals surface area contributed by atoms with Gasteiger partial charge in [-0.1, -0.05) is 0 Å². The van der Waals surface area contributed by atoms with E-state index in [4.69, 9.17) is 5.26 Å². The first-order chi connectivity index (χ1) is 9.01. The van der Waals surface area contributed by atoms with Gasteiger partial charge in [0.05, 0.1) is 28.9 Å². The predicted molar refractivity (Wildman–Crippen MR) is 71.7 cm³/mol. The summed E-state index contributed by atoms with van der Waals surface area (Å²) in [6.07, 6.45) is 2.68. The number of nitrogens with zero attached hydrogens (tertiary/aromatic N) is 3. The minimum Gasteiger partial charge on any atom is -0.262 e. The van der Waals surface area contributed by atoms with Crippen LogP contribution in [0, 0.1) is 11.3 Å². The van der Waals surface area contributed by atoms with Crippen molar-refractivity contribution >= 4 is 31.8 Å². The van der Waals surface area contributed by atoms with E-state index in [2.05, 4.69) is 30.6 Å². The second-order valence-corrected chi connectivity index (χ2v) is 5.96. The minimum atomic E-state index is -3.73. The van der Waals surface area contributed by atoms with Gasteiger partial charge in [0.1, 0.15) is 4.60 Å². The highest BCUT2D eigenvalue weighted by molar-refractivity contribution is 9.10. The fourth-order valence-corrected chi connectivity index (χ4v) is 2.47.